The molecule has 3 aromatic carbocycles. The van der Waals surface area contributed by atoms with Crippen molar-refractivity contribution in [3.05, 3.63) is 108 Å². The van der Waals surface area contributed by atoms with E-state index in [0.29, 0.717) is 11.3 Å². The number of carbonyl (C=O) groups is 1. The lowest BCUT2D eigenvalue weighted by Gasteiger charge is -2.14. The largest absolute Gasteiger partial charge is 0.479 e. The highest BCUT2D eigenvalue weighted by Crippen LogP contribution is 2.25. The van der Waals surface area contributed by atoms with Gasteiger partial charge in [0.25, 0.3) is 5.91 Å². The van der Waals surface area contributed by atoms with E-state index < -0.39 is 6.10 Å². The van der Waals surface area contributed by atoms with Gasteiger partial charge in [-0.1, -0.05) is 66.2 Å². The fraction of sp³-hybridized carbons (Fsp3) is 0.103. The molecule has 0 radical (unpaired) electrons. The maximum Gasteiger partial charge on any atom is 0.280 e. The van der Waals surface area contributed by atoms with Gasteiger partial charge in [-0.25, -0.2) is 10.1 Å². The number of amides is 1. The van der Waals surface area contributed by atoms with Gasteiger partial charge < -0.3 is 4.74 Å². The first-order chi connectivity index (χ1) is 17.6. The highest BCUT2D eigenvalue weighted by Gasteiger charge is 2.16. The minimum atomic E-state index is -0.765. The van der Waals surface area contributed by atoms with Crippen molar-refractivity contribution in [3.8, 4) is 22.7 Å². The molecule has 5 rings (SSSR count). The lowest BCUT2D eigenvalue weighted by Crippen LogP contribution is -2.33. The summed E-state index contributed by atoms with van der Waals surface area (Å²) in [5, 5.41) is 9.93. The summed E-state index contributed by atoms with van der Waals surface area (Å²) < 4.78 is 7.70. The zero-order chi connectivity index (χ0) is 24.9. The molecule has 0 spiro atoms. The van der Waals surface area contributed by atoms with Crippen molar-refractivity contribution >= 4 is 23.0 Å². The topological polar surface area (TPSA) is 81.4 Å². The minimum absolute atomic E-state index is 0.369. The molecule has 0 fully saturated rings. The van der Waals surface area contributed by atoms with Crippen LogP contribution in [0.4, 0.5) is 0 Å². The number of hydrazone groups is 1. The SMILES string of the molecule is Cc1ccc(-c2nn(-c3ccccc3)cc2C=NNC(=O)[C@@H](C)Oc2cccc3cccnc23)cc1. The fourth-order valence-electron chi connectivity index (χ4n) is 3.80. The van der Waals surface area contributed by atoms with Crippen molar-refractivity contribution in [1.29, 1.82) is 0 Å². The van der Waals surface area contributed by atoms with Crippen LogP contribution in [-0.2, 0) is 4.79 Å². The number of benzene rings is 3. The van der Waals surface area contributed by atoms with E-state index >= 15 is 0 Å². The summed E-state index contributed by atoms with van der Waals surface area (Å²) >= 11 is 0. The first-order valence-corrected chi connectivity index (χ1v) is 11.6. The normalized spacial score (nSPS) is 12.1. The van der Waals surface area contributed by atoms with E-state index in [4.69, 9.17) is 9.84 Å². The van der Waals surface area contributed by atoms with E-state index in [2.05, 4.69) is 15.5 Å². The second kappa shape index (κ2) is 10.2. The average Bonchev–Trinajstić information content (AvgIpc) is 3.34. The van der Waals surface area contributed by atoms with Gasteiger partial charge in [0.05, 0.1) is 11.9 Å². The monoisotopic (exact) mass is 475 g/mol. The van der Waals surface area contributed by atoms with Crippen LogP contribution in [0.1, 0.15) is 18.1 Å². The zero-order valence-electron chi connectivity index (χ0n) is 20.0. The van der Waals surface area contributed by atoms with E-state index in [0.717, 1.165) is 27.9 Å². The van der Waals surface area contributed by atoms with E-state index in [1.807, 2.05) is 92.0 Å². The van der Waals surface area contributed by atoms with Gasteiger partial charge in [0.2, 0.25) is 0 Å². The molecule has 0 saturated carbocycles. The number of nitrogens with zero attached hydrogens (tertiary/aromatic N) is 4. The number of ether oxygens (including phenoxy) is 1. The van der Waals surface area contributed by atoms with Crippen molar-refractivity contribution in [3.63, 3.8) is 0 Å². The second-order valence-electron chi connectivity index (χ2n) is 8.40. The molecule has 1 N–H and O–H groups in total. The summed E-state index contributed by atoms with van der Waals surface area (Å²) in [6.07, 6.45) is 4.43. The van der Waals surface area contributed by atoms with Crippen LogP contribution in [0.5, 0.6) is 5.75 Å². The Kier molecular flexibility index (Phi) is 6.53. The number of para-hydroxylation sites is 2. The molecule has 36 heavy (non-hydrogen) atoms. The van der Waals surface area contributed by atoms with E-state index in [-0.39, 0.29) is 5.91 Å². The Morgan fingerprint density at radius 2 is 1.78 bits per heavy atom. The van der Waals surface area contributed by atoms with Crippen molar-refractivity contribution < 1.29 is 9.53 Å². The number of rotatable bonds is 7. The van der Waals surface area contributed by atoms with Gasteiger partial charge in [-0.05, 0) is 38.1 Å². The lowest BCUT2D eigenvalue weighted by molar-refractivity contribution is -0.127. The maximum absolute atomic E-state index is 12.7. The smallest absolute Gasteiger partial charge is 0.280 e. The summed E-state index contributed by atoms with van der Waals surface area (Å²) in [6, 6.07) is 27.4. The summed E-state index contributed by atoms with van der Waals surface area (Å²) in [5.74, 6) is 0.178. The van der Waals surface area contributed by atoms with Crippen LogP contribution in [0.15, 0.2) is 102 Å². The molecule has 0 aliphatic rings. The minimum Gasteiger partial charge on any atom is -0.479 e. The number of fused-ring (bicyclic) bond motifs is 1. The molecular formula is C29H25N5O2. The number of aryl methyl sites for hydroxylation is 1. The van der Waals surface area contributed by atoms with Gasteiger partial charge in [0.1, 0.15) is 17.0 Å². The molecule has 0 bridgehead atoms. The van der Waals surface area contributed by atoms with Crippen molar-refractivity contribution in [2.24, 2.45) is 5.10 Å². The number of nitrogens with one attached hydrogen (secondary N) is 1. The Morgan fingerprint density at radius 1 is 1.00 bits per heavy atom. The van der Waals surface area contributed by atoms with Crippen molar-refractivity contribution in [2.45, 2.75) is 20.0 Å². The highest BCUT2D eigenvalue weighted by molar-refractivity contribution is 5.90. The Morgan fingerprint density at radius 3 is 2.58 bits per heavy atom. The second-order valence-corrected chi connectivity index (χ2v) is 8.40. The molecule has 2 aromatic heterocycles. The lowest BCUT2D eigenvalue weighted by atomic mass is 10.1. The van der Waals surface area contributed by atoms with Gasteiger partial charge in [-0.15, -0.1) is 0 Å². The third-order valence-electron chi connectivity index (χ3n) is 5.74. The Bertz CT molecular complexity index is 1520. The van der Waals surface area contributed by atoms with Crippen LogP contribution < -0.4 is 10.2 Å². The van der Waals surface area contributed by atoms with Gasteiger partial charge in [0.15, 0.2) is 6.10 Å². The molecule has 1 amide bonds. The number of hydrogen-bond donors (Lipinski definition) is 1. The molecule has 0 unspecified atom stereocenters. The summed E-state index contributed by atoms with van der Waals surface area (Å²) in [5.41, 5.74) is 7.89. The Labute approximate surface area is 209 Å². The third-order valence-corrected chi connectivity index (χ3v) is 5.74. The van der Waals surface area contributed by atoms with Crippen LogP contribution in [0.2, 0.25) is 0 Å². The predicted molar refractivity (Wildman–Crippen MR) is 141 cm³/mol. The molecule has 7 nitrogen and oxygen atoms in total. The van der Waals surface area contributed by atoms with Crippen LogP contribution in [0.3, 0.4) is 0 Å². The van der Waals surface area contributed by atoms with Crippen LogP contribution in [-0.4, -0.2) is 33.0 Å². The molecule has 178 valence electrons. The predicted octanol–water partition coefficient (Wildman–Crippen LogP) is 5.31. The van der Waals surface area contributed by atoms with E-state index in [1.54, 1.807) is 30.1 Å². The number of pyridine rings is 1. The van der Waals surface area contributed by atoms with Gasteiger partial charge in [-0.3, -0.25) is 9.78 Å². The molecule has 0 aliphatic heterocycles. The summed E-state index contributed by atoms with van der Waals surface area (Å²) in [7, 11) is 0. The summed E-state index contributed by atoms with van der Waals surface area (Å²) in [4.78, 5) is 17.1. The van der Waals surface area contributed by atoms with Gasteiger partial charge in [-0.2, -0.15) is 10.2 Å². The van der Waals surface area contributed by atoms with Crippen LogP contribution >= 0.6 is 0 Å². The molecule has 1 atom stereocenters. The van der Waals surface area contributed by atoms with Crippen LogP contribution in [0.25, 0.3) is 27.8 Å². The number of carbonyl (C=O) groups excluding carboxylic acids is 1. The molecular weight excluding hydrogens is 450 g/mol. The van der Waals surface area contributed by atoms with E-state index in [9.17, 15) is 4.79 Å². The Hall–Kier alpha value is -4.78. The maximum atomic E-state index is 12.7. The van der Waals surface area contributed by atoms with Crippen LogP contribution in [0, 0.1) is 6.92 Å². The standard InChI is InChI=1S/C29H25N5O2/c1-20-13-15-23(16-14-20)27-24(19-34(33-27)25-10-4-3-5-11-25)18-31-32-29(35)21(2)36-26-12-6-8-22-9-7-17-30-28(22)26/h3-19,21H,1-2H3,(H,32,35)/t21-/m1/s1. The molecule has 0 aliphatic carbocycles. The highest BCUT2D eigenvalue weighted by atomic mass is 16.5. The summed E-state index contributed by atoms with van der Waals surface area (Å²) in [6.45, 7) is 3.72. The number of hydrogen-bond acceptors (Lipinski definition) is 5. The number of aromatic nitrogens is 3. The zero-order valence-corrected chi connectivity index (χ0v) is 20.0. The average molecular weight is 476 g/mol. The van der Waals surface area contributed by atoms with Gasteiger partial charge >= 0.3 is 0 Å². The molecule has 5 aromatic rings. The first-order valence-electron chi connectivity index (χ1n) is 11.6. The molecule has 7 heteroatoms. The van der Waals surface area contributed by atoms with Crippen molar-refractivity contribution in [1.82, 2.24) is 20.2 Å². The quantitative estimate of drug-likeness (QED) is 0.255. The Balaban J connectivity index is 1.34. The van der Waals surface area contributed by atoms with E-state index in [1.165, 1.54) is 5.56 Å². The third kappa shape index (κ3) is 5.00. The van der Waals surface area contributed by atoms with Crippen molar-refractivity contribution in [2.75, 3.05) is 0 Å². The van der Waals surface area contributed by atoms with Gasteiger partial charge in [0, 0.05) is 28.9 Å². The fourth-order valence-corrected chi connectivity index (χ4v) is 3.80. The molecule has 2 heterocycles. The first kappa shape index (κ1) is 23.0. The molecule has 0 saturated heterocycles.